The zero-order valence-corrected chi connectivity index (χ0v) is 15.5. The van der Waals surface area contributed by atoms with E-state index in [1.807, 2.05) is 12.4 Å². The van der Waals surface area contributed by atoms with Gasteiger partial charge in [0.15, 0.2) is 0 Å². The monoisotopic (exact) mass is 369 g/mol. The van der Waals surface area contributed by atoms with E-state index in [0.717, 1.165) is 32.5 Å². The van der Waals surface area contributed by atoms with E-state index in [2.05, 4.69) is 22.9 Å². The number of rotatable bonds is 3. The van der Waals surface area contributed by atoms with Crippen LogP contribution in [-0.4, -0.2) is 47.6 Å². The molecule has 1 aromatic heterocycles. The number of morpholine rings is 1. The van der Waals surface area contributed by atoms with E-state index in [1.165, 1.54) is 23.3 Å². The first-order chi connectivity index (χ1) is 13.0. The van der Waals surface area contributed by atoms with Crippen molar-refractivity contribution in [3.63, 3.8) is 0 Å². The zero-order valence-electron chi connectivity index (χ0n) is 15.5. The molecule has 1 aromatic carbocycles. The van der Waals surface area contributed by atoms with Gasteiger partial charge in [0, 0.05) is 37.7 Å². The fourth-order valence-corrected chi connectivity index (χ4v) is 3.94. The number of aromatic nitrogens is 1. The molecule has 0 radical (unpaired) electrons. The molecule has 142 valence electrons. The third-order valence-electron chi connectivity index (χ3n) is 5.67. The number of carbonyl (C=O) groups excluding carboxylic acids is 1. The molecule has 2 aromatic rings. The largest absolute Gasteiger partial charge is 0.363 e. The van der Waals surface area contributed by atoms with Gasteiger partial charge in [-0.2, -0.15) is 0 Å². The van der Waals surface area contributed by atoms with Crippen molar-refractivity contribution in [3.05, 3.63) is 59.7 Å². The molecule has 0 saturated carbocycles. The van der Waals surface area contributed by atoms with Crippen LogP contribution in [-0.2, 0) is 16.1 Å². The smallest absolute Gasteiger partial charge is 0.253 e. The van der Waals surface area contributed by atoms with Crippen molar-refractivity contribution in [1.82, 2.24) is 9.88 Å². The lowest BCUT2D eigenvalue weighted by Crippen LogP contribution is -2.58. The molecule has 1 spiro atoms. The van der Waals surface area contributed by atoms with E-state index in [4.69, 9.17) is 4.74 Å². The number of ether oxygens (including phenoxy) is 1. The van der Waals surface area contributed by atoms with Gasteiger partial charge in [0.1, 0.15) is 12.4 Å². The Balaban J connectivity index is 1.43. The number of likely N-dealkylation sites (tertiary alicyclic amines) is 1. The summed E-state index contributed by atoms with van der Waals surface area (Å²) >= 11 is 0. The number of nitrogens with zero attached hydrogens (tertiary/aromatic N) is 3. The lowest BCUT2D eigenvalue weighted by Gasteiger charge is -2.47. The van der Waals surface area contributed by atoms with Crippen LogP contribution < -0.4 is 4.90 Å². The summed E-state index contributed by atoms with van der Waals surface area (Å²) in [6, 6.07) is 8.30. The third kappa shape index (κ3) is 3.87. The lowest BCUT2D eigenvalue weighted by atomic mass is 9.88. The van der Waals surface area contributed by atoms with Gasteiger partial charge in [-0.25, -0.2) is 4.39 Å². The topological polar surface area (TPSA) is 45.7 Å². The molecule has 2 saturated heterocycles. The van der Waals surface area contributed by atoms with Crippen LogP contribution in [0.2, 0.25) is 0 Å². The highest BCUT2D eigenvalue weighted by Crippen LogP contribution is 2.33. The third-order valence-corrected chi connectivity index (χ3v) is 5.67. The highest BCUT2D eigenvalue weighted by molar-refractivity contribution is 5.95. The first kappa shape index (κ1) is 18.1. The van der Waals surface area contributed by atoms with Crippen molar-refractivity contribution < 1.29 is 13.9 Å². The Morgan fingerprint density at radius 3 is 2.81 bits per heavy atom. The number of halogens is 1. The number of benzene rings is 1. The minimum atomic E-state index is -0.343. The first-order valence-corrected chi connectivity index (χ1v) is 9.36. The van der Waals surface area contributed by atoms with Crippen LogP contribution in [0.3, 0.4) is 0 Å². The summed E-state index contributed by atoms with van der Waals surface area (Å²) in [7, 11) is 0. The molecule has 1 amide bonds. The summed E-state index contributed by atoms with van der Waals surface area (Å²) in [6.07, 6.45) is 5.44. The molecule has 0 atom stereocenters. The molecule has 27 heavy (non-hydrogen) atoms. The van der Waals surface area contributed by atoms with Crippen LogP contribution in [0.5, 0.6) is 0 Å². The summed E-state index contributed by atoms with van der Waals surface area (Å²) in [5.74, 6) is -0.440. The maximum absolute atomic E-state index is 13.6. The van der Waals surface area contributed by atoms with Gasteiger partial charge < -0.3 is 9.64 Å². The molecule has 3 heterocycles. The molecule has 0 N–H and O–H groups in total. The molecule has 0 unspecified atom stereocenters. The molecular weight excluding hydrogens is 345 g/mol. The number of aryl methyl sites for hydroxylation is 1. The van der Waals surface area contributed by atoms with Gasteiger partial charge in [-0.1, -0.05) is 6.07 Å². The van der Waals surface area contributed by atoms with Crippen molar-refractivity contribution in [2.24, 2.45) is 0 Å². The van der Waals surface area contributed by atoms with E-state index in [9.17, 15) is 9.18 Å². The normalized spacial score (nSPS) is 20.2. The summed E-state index contributed by atoms with van der Waals surface area (Å²) < 4.78 is 19.6. The number of amides is 1. The minimum absolute atomic E-state index is 0.0555. The van der Waals surface area contributed by atoms with Crippen molar-refractivity contribution in [1.29, 1.82) is 0 Å². The number of carbonyl (C=O) groups is 1. The summed E-state index contributed by atoms with van der Waals surface area (Å²) in [4.78, 5) is 20.6. The van der Waals surface area contributed by atoms with Gasteiger partial charge in [0.25, 0.3) is 5.91 Å². The summed E-state index contributed by atoms with van der Waals surface area (Å²) in [5.41, 5.74) is 2.76. The number of hydrogen-bond donors (Lipinski definition) is 0. The molecule has 2 aliphatic rings. The zero-order chi connectivity index (χ0) is 18.9. The van der Waals surface area contributed by atoms with Crippen molar-refractivity contribution in [3.8, 4) is 0 Å². The number of anilines is 1. The lowest BCUT2D eigenvalue weighted by molar-refractivity contribution is -0.144. The molecule has 2 aliphatic heterocycles. The Bertz CT molecular complexity index is 834. The Hall–Kier alpha value is -2.31. The molecule has 4 rings (SSSR count). The van der Waals surface area contributed by atoms with Crippen LogP contribution >= 0.6 is 0 Å². The van der Waals surface area contributed by atoms with Crippen LogP contribution in [0.15, 0.2) is 42.7 Å². The quantitative estimate of drug-likeness (QED) is 0.835. The van der Waals surface area contributed by atoms with E-state index in [0.29, 0.717) is 12.2 Å². The highest BCUT2D eigenvalue weighted by Gasteiger charge is 2.42. The molecule has 5 nitrogen and oxygen atoms in total. The Morgan fingerprint density at radius 1 is 1.26 bits per heavy atom. The molecule has 0 aliphatic carbocycles. The van der Waals surface area contributed by atoms with Crippen LogP contribution in [0.25, 0.3) is 0 Å². The number of hydrogen-bond acceptors (Lipinski definition) is 4. The maximum Gasteiger partial charge on any atom is 0.253 e. The number of pyridine rings is 1. The number of piperidine rings is 1. The molecule has 0 bridgehead atoms. The average Bonchev–Trinajstić information content (AvgIpc) is 2.68. The SMILES string of the molecule is Cc1cnccc1CN1CCC2(CC1)CN(c1cccc(F)c1)C(=O)CO2. The van der Waals surface area contributed by atoms with Crippen molar-refractivity contribution in [2.75, 3.05) is 31.1 Å². The van der Waals surface area contributed by atoms with E-state index in [1.54, 1.807) is 17.0 Å². The van der Waals surface area contributed by atoms with Crippen LogP contribution in [0.1, 0.15) is 24.0 Å². The van der Waals surface area contributed by atoms with E-state index >= 15 is 0 Å². The van der Waals surface area contributed by atoms with Crippen molar-refractivity contribution in [2.45, 2.75) is 31.9 Å². The Kier molecular flexibility index (Phi) is 4.93. The van der Waals surface area contributed by atoms with E-state index in [-0.39, 0.29) is 23.9 Å². The average molecular weight is 369 g/mol. The highest BCUT2D eigenvalue weighted by atomic mass is 19.1. The van der Waals surface area contributed by atoms with Gasteiger partial charge in [-0.3, -0.25) is 14.7 Å². The molecule has 2 fully saturated rings. The predicted molar refractivity (Wildman–Crippen MR) is 101 cm³/mol. The molecule has 6 heteroatoms. The van der Waals surface area contributed by atoms with Gasteiger partial charge in [-0.15, -0.1) is 0 Å². The molecular formula is C21H24FN3O2. The first-order valence-electron chi connectivity index (χ1n) is 9.36. The van der Waals surface area contributed by atoms with Gasteiger partial charge in [0.05, 0.1) is 12.1 Å². The second kappa shape index (κ2) is 7.37. The summed E-state index contributed by atoms with van der Waals surface area (Å²) in [5, 5.41) is 0. The minimum Gasteiger partial charge on any atom is -0.363 e. The van der Waals surface area contributed by atoms with Crippen LogP contribution in [0.4, 0.5) is 10.1 Å². The summed E-state index contributed by atoms with van der Waals surface area (Å²) in [6.45, 7) is 5.34. The maximum atomic E-state index is 13.6. The Morgan fingerprint density at radius 2 is 2.07 bits per heavy atom. The van der Waals surface area contributed by atoms with Gasteiger partial charge >= 0.3 is 0 Å². The van der Waals surface area contributed by atoms with E-state index < -0.39 is 0 Å². The second-order valence-corrected chi connectivity index (χ2v) is 7.51. The van der Waals surface area contributed by atoms with Crippen LogP contribution in [0, 0.1) is 12.7 Å². The fourth-order valence-electron chi connectivity index (χ4n) is 3.94. The standard InChI is InChI=1S/C21H24FN3O2/c1-16-12-23-8-5-17(16)13-24-9-6-21(7-10-24)15-25(20(26)14-27-21)19-4-2-3-18(22)11-19/h2-5,8,11-12H,6-7,9-10,13-15H2,1H3. The second-order valence-electron chi connectivity index (χ2n) is 7.51. The fraction of sp³-hybridized carbons (Fsp3) is 0.429. The predicted octanol–water partition coefficient (Wildman–Crippen LogP) is 2.93. The van der Waals surface area contributed by atoms with Crippen molar-refractivity contribution >= 4 is 11.6 Å². The Labute approximate surface area is 158 Å². The van der Waals surface area contributed by atoms with Gasteiger partial charge in [-0.05, 0) is 55.2 Å². The van der Waals surface area contributed by atoms with Gasteiger partial charge in [0.2, 0.25) is 0 Å².